The van der Waals surface area contributed by atoms with Crippen LogP contribution in [0.4, 0.5) is 0 Å². The fourth-order valence-electron chi connectivity index (χ4n) is 2.81. The maximum atomic E-state index is 11.5. The van der Waals surface area contributed by atoms with Gasteiger partial charge in [0.25, 0.3) is 0 Å². The van der Waals surface area contributed by atoms with Gasteiger partial charge in [0.1, 0.15) is 31.7 Å². The van der Waals surface area contributed by atoms with Gasteiger partial charge in [0.05, 0.1) is 39.6 Å². The highest BCUT2D eigenvalue weighted by Crippen LogP contribution is 2.27. The molecule has 0 aliphatic carbocycles. The van der Waals surface area contributed by atoms with Gasteiger partial charge in [-0.05, 0) is 0 Å². The van der Waals surface area contributed by atoms with Gasteiger partial charge in [-0.2, -0.15) is 0 Å². The Labute approximate surface area is 186 Å². The molecule has 0 aromatic heterocycles. The third-order valence-electron chi connectivity index (χ3n) is 4.02. The van der Waals surface area contributed by atoms with E-state index in [-0.39, 0.29) is 32.8 Å². The average molecular weight is 464 g/mol. The van der Waals surface area contributed by atoms with Crippen LogP contribution in [0, 0.1) is 0 Å². The number of rotatable bonds is 16. The minimum absolute atomic E-state index is 0.0438. The normalized spacial score (nSPS) is 22.7. The van der Waals surface area contributed by atoms with Crippen LogP contribution in [0.25, 0.3) is 0 Å². The van der Waals surface area contributed by atoms with Crippen LogP contribution in [0.3, 0.4) is 0 Å². The number of ether oxygens (including phenoxy) is 8. The number of hydrogen-bond acceptors (Lipinski definition) is 12. The first-order valence-electron chi connectivity index (χ1n) is 10.2. The van der Waals surface area contributed by atoms with Gasteiger partial charge >= 0.3 is 17.9 Å². The lowest BCUT2D eigenvalue weighted by molar-refractivity contribution is -0.267. The van der Waals surface area contributed by atoms with Crippen LogP contribution >= 0.6 is 0 Å². The lowest BCUT2D eigenvalue weighted by Gasteiger charge is -2.39. The first-order chi connectivity index (χ1) is 15.3. The van der Waals surface area contributed by atoms with Gasteiger partial charge in [-0.1, -0.05) is 0 Å². The third-order valence-corrected chi connectivity index (χ3v) is 4.02. The van der Waals surface area contributed by atoms with Crippen LogP contribution < -0.4 is 0 Å². The van der Waals surface area contributed by atoms with Gasteiger partial charge in [0, 0.05) is 27.2 Å². The maximum absolute atomic E-state index is 11.5. The summed E-state index contributed by atoms with van der Waals surface area (Å²) in [6.45, 7) is 5.34. The second-order valence-electron chi connectivity index (χ2n) is 6.70. The molecule has 0 spiro atoms. The van der Waals surface area contributed by atoms with Crippen LogP contribution in [0.1, 0.15) is 27.2 Å². The highest BCUT2D eigenvalue weighted by Gasteiger charge is 2.44. The molecule has 0 radical (unpaired) electrons. The molecular formula is C20H32O12. The highest BCUT2D eigenvalue weighted by atomic mass is 16.7. The Balaban J connectivity index is 2.43. The van der Waals surface area contributed by atoms with E-state index in [0.717, 1.165) is 0 Å². The molecule has 1 heterocycles. The minimum atomic E-state index is -0.945. The summed E-state index contributed by atoms with van der Waals surface area (Å²) >= 11 is 0. The maximum Gasteiger partial charge on any atom is 0.303 e. The van der Waals surface area contributed by atoms with Gasteiger partial charge < -0.3 is 42.7 Å². The molecule has 0 aromatic rings. The Hall–Kier alpha value is -2.12. The molecule has 0 N–H and O–H groups in total. The van der Waals surface area contributed by atoms with E-state index in [4.69, 9.17) is 37.9 Å². The van der Waals surface area contributed by atoms with Gasteiger partial charge in [0.15, 0.2) is 12.4 Å². The largest absolute Gasteiger partial charge is 0.463 e. The van der Waals surface area contributed by atoms with E-state index in [1.165, 1.54) is 20.8 Å². The Morgan fingerprint density at radius 2 is 1.44 bits per heavy atom. The van der Waals surface area contributed by atoms with E-state index >= 15 is 0 Å². The molecule has 1 aliphatic rings. The standard InChI is InChI=1S/C20H32O12/c1-14(22)29-13-18-20(31-16(3)24)17(30-15(2)23)12-19(32-18)28-11-10-27-9-8-26-7-6-25-5-4-21/h4,17-20H,5-13H2,1-3H3. The first kappa shape index (κ1) is 27.9. The quantitative estimate of drug-likeness (QED) is 0.129. The number of aldehydes is 1. The van der Waals surface area contributed by atoms with Crippen molar-refractivity contribution in [2.75, 3.05) is 52.9 Å². The Kier molecular flexibility index (Phi) is 14.4. The van der Waals surface area contributed by atoms with Crippen LogP contribution in [0.5, 0.6) is 0 Å². The van der Waals surface area contributed by atoms with E-state index in [1.807, 2.05) is 0 Å². The average Bonchev–Trinajstić information content (AvgIpc) is 2.71. The molecule has 0 aromatic carbocycles. The van der Waals surface area contributed by atoms with Crippen molar-refractivity contribution in [3.63, 3.8) is 0 Å². The van der Waals surface area contributed by atoms with Crippen molar-refractivity contribution in [3.05, 3.63) is 0 Å². The minimum Gasteiger partial charge on any atom is -0.463 e. The molecule has 184 valence electrons. The number of carbonyl (C=O) groups excluding carboxylic acids is 4. The van der Waals surface area contributed by atoms with E-state index in [9.17, 15) is 19.2 Å². The second kappa shape index (κ2) is 16.5. The molecule has 32 heavy (non-hydrogen) atoms. The SMILES string of the molecule is CC(=O)OCC1OC(OCCOCCOCCOCC=O)CC(OC(C)=O)C1OC(C)=O. The van der Waals surface area contributed by atoms with Crippen molar-refractivity contribution >= 4 is 24.2 Å². The molecule has 4 unspecified atom stereocenters. The van der Waals surface area contributed by atoms with Gasteiger partial charge in [-0.3, -0.25) is 14.4 Å². The predicted octanol–water partition coefficient (Wildman–Crippen LogP) is -0.207. The molecule has 1 fully saturated rings. The lowest BCUT2D eigenvalue weighted by atomic mass is 10.0. The predicted molar refractivity (Wildman–Crippen MR) is 105 cm³/mol. The zero-order valence-corrected chi connectivity index (χ0v) is 18.6. The smallest absolute Gasteiger partial charge is 0.303 e. The summed E-state index contributed by atoms with van der Waals surface area (Å²) in [7, 11) is 0. The summed E-state index contributed by atoms with van der Waals surface area (Å²) in [5, 5.41) is 0. The summed E-state index contributed by atoms with van der Waals surface area (Å²) < 4.78 is 42.5. The van der Waals surface area contributed by atoms with E-state index in [0.29, 0.717) is 32.7 Å². The second-order valence-corrected chi connectivity index (χ2v) is 6.70. The first-order valence-corrected chi connectivity index (χ1v) is 10.2. The Morgan fingerprint density at radius 1 is 0.844 bits per heavy atom. The molecule has 4 atom stereocenters. The van der Waals surface area contributed by atoms with Crippen molar-refractivity contribution in [2.45, 2.75) is 51.8 Å². The molecule has 0 amide bonds. The molecule has 1 rings (SSSR count). The topological polar surface area (TPSA) is 142 Å². The highest BCUT2D eigenvalue weighted by molar-refractivity contribution is 5.67. The Bertz CT molecular complexity index is 581. The zero-order chi connectivity index (χ0) is 23.8. The molecule has 1 aliphatic heterocycles. The summed E-state index contributed by atoms with van der Waals surface area (Å²) in [5.74, 6) is -1.68. The zero-order valence-electron chi connectivity index (χ0n) is 18.6. The molecule has 1 saturated heterocycles. The van der Waals surface area contributed by atoms with Crippen LogP contribution in [0.15, 0.2) is 0 Å². The van der Waals surface area contributed by atoms with Gasteiger partial charge in [-0.15, -0.1) is 0 Å². The van der Waals surface area contributed by atoms with Crippen molar-refractivity contribution in [1.29, 1.82) is 0 Å². The van der Waals surface area contributed by atoms with Crippen molar-refractivity contribution in [1.82, 2.24) is 0 Å². The number of hydrogen-bond donors (Lipinski definition) is 0. The van der Waals surface area contributed by atoms with E-state index < -0.39 is 42.5 Å². The van der Waals surface area contributed by atoms with Crippen molar-refractivity contribution < 1.29 is 57.1 Å². The monoisotopic (exact) mass is 464 g/mol. The van der Waals surface area contributed by atoms with Crippen molar-refractivity contribution in [2.24, 2.45) is 0 Å². The summed E-state index contributed by atoms with van der Waals surface area (Å²) in [6.07, 6.45) is -2.64. The summed E-state index contributed by atoms with van der Waals surface area (Å²) in [5.41, 5.74) is 0. The van der Waals surface area contributed by atoms with E-state index in [2.05, 4.69) is 0 Å². The van der Waals surface area contributed by atoms with Gasteiger partial charge in [0.2, 0.25) is 0 Å². The van der Waals surface area contributed by atoms with Crippen molar-refractivity contribution in [3.8, 4) is 0 Å². The molecule has 0 bridgehead atoms. The fourth-order valence-corrected chi connectivity index (χ4v) is 2.81. The van der Waals surface area contributed by atoms with Crippen LogP contribution in [0.2, 0.25) is 0 Å². The fraction of sp³-hybridized carbons (Fsp3) is 0.800. The molecule has 0 saturated carbocycles. The third kappa shape index (κ3) is 12.7. The molecule has 12 nitrogen and oxygen atoms in total. The molecular weight excluding hydrogens is 432 g/mol. The summed E-state index contributed by atoms with van der Waals surface area (Å²) in [6, 6.07) is 0. The molecule has 12 heteroatoms. The lowest BCUT2D eigenvalue weighted by Crippen LogP contribution is -2.54. The summed E-state index contributed by atoms with van der Waals surface area (Å²) in [4.78, 5) is 44.3. The van der Waals surface area contributed by atoms with E-state index in [1.54, 1.807) is 0 Å². The van der Waals surface area contributed by atoms with Gasteiger partial charge in [-0.25, -0.2) is 0 Å². The number of carbonyl (C=O) groups is 4. The number of esters is 3. The van der Waals surface area contributed by atoms with Crippen LogP contribution in [-0.2, 0) is 57.1 Å². The van der Waals surface area contributed by atoms with Crippen LogP contribution in [-0.4, -0.2) is 102 Å². The Morgan fingerprint density at radius 3 is 2.00 bits per heavy atom.